The third kappa shape index (κ3) is 2.15. The van der Waals surface area contributed by atoms with Gasteiger partial charge in [0, 0.05) is 18.8 Å². The number of aldehydes is 1. The van der Waals surface area contributed by atoms with Gasteiger partial charge in [-0.1, -0.05) is 11.6 Å². The largest absolute Gasteiger partial charge is 0.354 e. The highest BCUT2D eigenvalue weighted by Gasteiger charge is 2.10. The molecule has 5 nitrogen and oxygen atoms in total. The number of rotatable bonds is 3. The Hall–Kier alpha value is -2.43. The molecule has 0 atom stereocenters. The van der Waals surface area contributed by atoms with Crippen molar-refractivity contribution in [1.82, 2.24) is 15.1 Å². The minimum absolute atomic E-state index is 0.256. The average Bonchev–Trinajstić information content (AvgIpc) is 2.87. The van der Waals surface area contributed by atoms with Crippen LogP contribution in [0.25, 0.3) is 5.69 Å². The lowest BCUT2D eigenvalue weighted by molar-refractivity contribution is 0.0957. The van der Waals surface area contributed by atoms with Gasteiger partial charge < -0.3 is 5.32 Å². The van der Waals surface area contributed by atoms with Gasteiger partial charge in [0.1, 0.15) is 0 Å². The smallest absolute Gasteiger partial charge is 0.271 e. The summed E-state index contributed by atoms with van der Waals surface area (Å²) in [5.41, 5.74) is 2.52. The molecular formula is C13H13N3O2. The van der Waals surface area contributed by atoms with E-state index in [1.54, 1.807) is 31.4 Å². The van der Waals surface area contributed by atoms with Crippen molar-refractivity contribution >= 4 is 12.2 Å². The Kier molecular flexibility index (Phi) is 3.23. The Balaban J connectivity index is 2.46. The van der Waals surface area contributed by atoms with E-state index in [-0.39, 0.29) is 5.91 Å². The quantitative estimate of drug-likeness (QED) is 0.828. The number of benzene rings is 1. The lowest BCUT2D eigenvalue weighted by atomic mass is 10.1. The summed E-state index contributed by atoms with van der Waals surface area (Å²) in [6.45, 7) is 1.91. The zero-order chi connectivity index (χ0) is 13.1. The zero-order valence-electron chi connectivity index (χ0n) is 10.2. The van der Waals surface area contributed by atoms with Gasteiger partial charge in [-0.05, 0) is 25.1 Å². The maximum Gasteiger partial charge on any atom is 0.271 e. The predicted octanol–water partition coefficient (Wildman–Crippen LogP) is 1.35. The van der Waals surface area contributed by atoms with Gasteiger partial charge in [-0.3, -0.25) is 9.59 Å². The van der Waals surface area contributed by atoms with Crippen LogP contribution in [0.5, 0.6) is 0 Å². The molecule has 0 radical (unpaired) electrons. The summed E-state index contributed by atoms with van der Waals surface area (Å²) in [5.74, 6) is -0.256. The zero-order valence-corrected chi connectivity index (χ0v) is 10.2. The molecule has 0 aliphatic heterocycles. The summed E-state index contributed by atoms with van der Waals surface area (Å²) < 4.78 is 1.52. The molecule has 0 aliphatic rings. The van der Waals surface area contributed by atoms with Gasteiger partial charge in [0.05, 0.1) is 5.69 Å². The van der Waals surface area contributed by atoms with Crippen LogP contribution in [0, 0.1) is 6.92 Å². The summed E-state index contributed by atoms with van der Waals surface area (Å²) >= 11 is 0. The highest BCUT2D eigenvalue weighted by Crippen LogP contribution is 2.14. The van der Waals surface area contributed by atoms with E-state index in [0.29, 0.717) is 16.9 Å². The summed E-state index contributed by atoms with van der Waals surface area (Å²) in [7, 11) is 1.55. The van der Waals surface area contributed by atoms with Crippen molar-refractivity contribution in [3.63, 3.8) is 0 Å². The molecule has 18 heavy (non-hydrogen) atoms. The van der Waals surface area contributed by atoms with Gasteiger partial charge in [-0.25, -0.2) is 4.68 Å². The molecular weight excluding hydrogens is 230 g/mol. The number of hydrogen-bond donors (Lipinski definition) is 1. The number of carbonyl (C=O) groups excluding carboxylic acids is 2. The van der Waals surface area contributed by atoms with E-state index in [2.05, 4.69) is 10.4 Å². The molecule has 0 spiro atoms. The minimum atomic E-state index is -0.256. The summed E-state index contributed by atoms with van der Waals surface area (Å²) in [4.78, 5) is 22.4. The number of carbonyl (C=O) groups is 2. The Morgan fingerprint density at radius 2 is 2.17 bits per heavy atom. The first-order valence-electron chi connectivity index (χ1n) is 5.49. The monoisotopic (exact) mass is 243 g/mol. The number of aromatic nitrogens is 2. The summed E-state index contributed by atoms with van der Waals surface area (Å²) in [6.07, 6.45) is 2.44. The third-order valence-corrected chi connectivity index (χ3v) is 2.61. The maximum atomic E-state index is 11.4. The topological polar surface area (TPSA) is 64.0 Å². The number of hydrogen-bond acceptors (Lipinski definition) is 3. The highest BCUT2D eigenvalue weighted by molar-refractivity contribution is 5.92. The molecule has 1 aromatic carbocycles. The first-order valence-corrected chi connectivity index (χ1v) is 5.49. The molecule has 2 rings (SSSR count). The van der Waals surface area contributed by atoms with Gasteiger partial charge in [-0.2, -0.15) is 5.10 Å². The van der Waals surface area contributed by atoms with Crippen LogP contribution in [0.1, 0.15) is 26.4 Å². The van der Waals surface area contributed by atoms with Crippen LogP contribution in [0.3, 0.4) is 0 Å². The van der Waals surface area contributed by atoms with Crippen LogP contribution in [-0.4, -0.2) is 29.0 Å². The van der Waals surface area contributed by atoms with E-state index >= 15 is 0 Å². The molecule has 0 saturated heterocycles. The van der Waals surface area contributed by atoms with E-state index in [1.165, 1.54) is 4.68 Å². The van der Waals surface area contributed by atoms with Gasteiger partial charge in [-0.15, -0.1) is 0 Å². The molecule has 1 N–H and O–H groups in total. The molecule has 0 bridgehead atoms. The van der Waals surface area contributed by atoms with Crippen LogP contribution < -0.4 is 5.32 Å². The lowest BCUT2D eigenvalue weighted by Gasteiger charge is -2.05. The van der Waals surface area contributed by atoms with E-state index in [9.17, 15) is 9.59 Å². The van der Waals surface area contributed by atoms with Crippen molar-refractivity contribution in [2.24, 2.45) is 0 Å². The molecule has 5 heteroatoms. The molecule has 0 saturated carbocycles. The Morgan fingerprint density at radius 1 is 1.39 bits per heavy atom. The van der Waals surface area contributed by atoms with Gasteiger partial charge in [0.25, 0.3) is 5.91 Å². The van der Waals surface area contributed by atoms with Crippen LogP contribution in [0.2, 0.25) is 0 Å². The molecule has 0 fully saturated rings. The molecule has 92 valence electrons. The van der Waals surface area contributed by atoms with Crippen molar-refractivity contribution < 1.29 is 9.59 Å². The number of nitrogens with zero attached hydrogens (tertiary/aromatic N) is 2. The van der Waals surface area contributed by atoms with Crippen molar-refractivity contribution in [3.05, 3.63) is 47.3 Å². The molecule has 1 heterocycles. The summed E-state index contributed by atoms with van der Waals surface area (Å²) in [5, 5.41) is 6.63. The standard InChI is InChI=1S/C13H13N3O2/c1-9-3-4-12(10(7-9)8-17)16-6-5-11(15-16)13(18)14-2/h3-8H,1-2H3,(H,14,18). The lowest BCUT2D eigenvalue weighted by Crippen LogP contribution is -2.18. The fourth-order valence-corrected chi connectivity index (χ4v) is 1.68. The van der Waals surface area contributed by atoms with Gasteiger partial charge >= 0.3 is 0 Å². The predicted molar refractivity (Wildman–Crippen MR) is 67.1 cm³/mol. The normalized spacial score (nSPS) is 10.1. The van der Waals surface area contributed by atoms with Crippen LogP contribution >= 0.6 is 0 Å². The fraction of sp³-hybridized carbons (Fsp3) is 0.154. The van der Waals surface area contributed by atoms with E-state index in [1.807, 2.05) is 13.0 Å². The first-order chi connectivity index (χ1) is 8.65. The van der Waals surface area contributed by atoms with Crippen molar-refractivity contribution in [2.75, 3.05) is 7.05 Å². The SMILES string of the molecule is CNC(=O)c1ccn(-c2ccc(C)cc2C=O)n1. The average molecular weight is 243 g/mol. The van der Waals surface area contributed by atoms with Crippen molar-refractivity contribution in [3.8, 4) is 5.69 Å². The number of amides is 1. The Bertz CT molecular complexity index is 602. The van der Waals surface area contributed by atoms with Crippen LogP contribution in [-0.2, 0) is 0 Å². The Labute approximate surface area is 104 Å². The second-order valence-corrected chi connectivity index (χ2v) is 3.90. The van der Waals surface area contributed by atoms with E-state index < -0.39 is 0 Å². The second kappa shape index (κ2) is 4.83. The Morgan fingerprint density at radius 3 is 2.83 bits per heavy atom. The van der Waals surface area contributed by atoms with Gasteiger partial charge in [0.2, 0.25) is 0 Å². The molecule has 0 aliphatic carbocycles. The number of aryl methyl sites for hydroxylation is 1. The summed E-state index contributed by atoms with van der Waals surface area (Å²) in [6, 6.07) is 7.08. The minimum Gasteiger partial charge on any atom is -0.354 e. The van der Waals surface area contributed by atoms with Crippen molar-refractivity contribution in [1.29, 1.82) is 0 Å². The molecule has 2 aromatic rings. The van der Waals surface area contributed by atoms with E-state index in [0.717, 1.165) is 11.8 Å². The maximum absolute atomic E-state index is 11.4. The number of nitrogens with one attached hydrogen (secondary N) is 1. The molecule has 1 aromatic heterocycles. The third-order valence-electron chi connectivity index (χ3n) is 2.61. The van der Waals surface area contributed by atoms with Crippen LogP contribution in [0.4, 0.5) is 0 Å². The fourth-order valence-electron chi connectivity index (χ4n) is 1.68. The first kappa shape index (κ1) is 12.0. The van der Waals surface area contributed by atoms with Crippen molar-refractivity contribution in [2.45, 2.75) is 6.92 Å². The van der Waals surface area contributed by atoms with Crippen LogP contribution in [0.15, 0.2) is 30.5 Å². The van der Waals surface area contributed by atoms with Gasteiger partial charge in [0.15, 0.2) is 12.0 Å². The molecule has 0 unspecified atom stereocenters. The highest BCUT2D eigenvalue weighted by atomic mass is 16.1. The van der Waals surface area contributed by atoms with E-state index in [4.69, 9.17) is 0 Å². The molecule has 1 amide bonds. The second-order valence-electron chi connectivity index (χ2n) is 3.90.